The summed E-state index contributed by atoms with van der Waals surface area (Å²) in [5.41, 5.74) is 2.57. The number of phenols is 1. The molecule has 142 valence electrons. The zero-order chi connectivity index (χ0) is 20.2. The maximum absolute atomic E-state index is 12.2. The number of fused-ring (bicyclic) bond motifs is 2. The first-order valence-corrected chi connectivity index (χ1v) is 15.2. The number of halogens is 3. The van der Waals surface area contributed by atoms with Crippen LogP contribution in [0.15, 0.2) is 65.5 Å². The second-order valence-electron chi connectivity index (χ2n) is 6.80. The van der Waals surface area contributed by atoms with Crippen LogP contribution >= 0.6 is 47.8 Å². The van der Waals surface area contributed by atoms with Crippen molar-refractivity contribution in [3.8, 4) is 15.8 Å². The van der Waals surface area contributed by atoms with Crippen LogP contribution in [0.4, 0.5) is 5.69 Å². The van der Waals surface area contributed by atoms with Crippen molar-refractivity contribution in [2.75, 3.05) is 0 Å². The van der Waals surface area contributed by atoms with Crippen LogP contribution in [0.3, 0.4) is 0 Å². The zero-order valence-electron chi connectivity index (χ0n) is 14.7. The molecule has 1 aromatic heterocycles. The molecule has 1 unspecified atom stereocenters. The molecule has 2 heterocycles. The van der Waals surface area contributed by atoms with Gasteiger partial charge < -0.3 is 0 Å². The van der Waals surface area contributed by atoms with Gasteiger partial charge in [0.15, 0.2) is 0 Å². The fourth-order valence-electron chi connectivity index (χ4n) is 3.81. The third kappa shape index (κ3) is 3.09. The number of nitrogens with zero attached hydrogens (tertiary/aromatic N) is 1. The van der Waals surface area contributed by atoms with E-state index >= 15 is 0 Å². The number of hydrogen-bond acceptors (Lipinski definition) is 3. The van der Waals surface area contributed by atoms with Gasteiger partial charge in [-0.15, -0.1) is 0 Å². The van der Waals surface area contributed by atoms with Crippen LogP contribution in [0, 0.1) is 0 Å². The van der Waals surface area contributed by atoms with E-state index in [2.05, 4.69) is 60.9 Å². The van der Waals surface area contributed by atoms with Gasteiger partial charge >= 0.3 is 196 Å². The van der Waals surface area contributed by atoms with E-state index in [9.17, 15) is 9.90 Å². The molecule has 0 bridgehead atoms. The molecular weight excluding hydrogens is 633 g/mol. The summed E-state index contributed by atoms with van der Waals surface area (Å²) < 4.78 is 4.07. The molecule has 2 aliphatic rings. The van der Waals surface area contributed by atoms with Gasteiger partial charge in [-0.3, -0.25) is 0 Å². The Bertz CT molecular complexity index is 1150. The number of rotatable bonds is 3. The molecule has 1 aliphatic heterocycles. The second kappa shape index (κ2) is 7.49. The molecule has 28 heavy (non-hydrogen) atoms. The Balaban J connectivity index is 2.12. The van der Waals surface area contributed by atoms with Crippen molar-refractivity contribution in [3.05, 3.63) is 60.5 Å². The Morgan fingerprint density at radius 2 is 2.00 bits per heavy atom. The first-order chi connectivity index (χ1) is 13.3. The molecule has 3 nitrogen and oxygen atoms in total. The minimum atomic E-state index is -2.39. The van der Waals surface area contributed by atoms with Crippen LogP contribution in [0.5, 0.6) is 5.75 Å². The molecule has 8 heteroatoms. The van der Waals surface area contributed by atoms with Crippen molar-refractivity contribution in [1.82, 2.24) is 0 Å². The van der Waals surface area contributed by atoms with Crippen molar-refractivity contribution >= 4 is 92.7 Å². The molecule has 1 aromatic carbocycles. The molecule has 1 aliphatic carbocycles. The molecule has 0 saturated heterocycles. The Labute approximate surface area is 195 Å². The van der Waals surface area contributed by atoms with Gasteiger partial charge in [0.25, 0.3) is 0 Å². The number of carbonyl (C=O) groups is 1. The first kappa shape index (κ1) is 20.5. The van der Waals surface area contributed by atoms with E-state index in [1.54, 1.807) is 18.2 Å². The number of allylic oxidation sites excluding steroid dienone is 5. The summed E-state index contributed by atoms with van der Waals surface area (Å²) in [5, 5.41) is 13.0. The van der Waals surface area contributed by atoms with Gasteiger partial charge in [-0.05, 0) is 0 Å². The molecule has 1 N–H and O–H groups in total. The maximum atomic E-state index is 12.2. The number of hydrogen-bond donors (Lipinski definition) is 1. The van der Waals surface area contributed by atoms with Crippen molar-refractivity contribution in [1.29, 1.82) is 0 Å². The molecule has 4 rings (SSSR count). The Kier molecular flexibility index (Phi) is 5.48. The van der Waals surface area contributed by atoms with Gasteiger partial charge in [0.05, 0.1) is 0 Å². The number of aliphatic imine (C=N–C) groups is 1. The van der Waals surface area contributed by atoms with Gasteiger partial charge in [0, 0.05) is 0 Å². The van der Waals surface area contributed by atoms with Gasteiger partial charge in [-0.1, -0.05) is 0 Å². The second-order valence-corrected chi connectivity index (χ2v) is 16.6. The van der Waals surface area contributed by atoms with Crippen molar-refractivity contribution in [2.45, 2.75) is 12.6 Å². The van der Waals surface area contributed by atoms with E-state index in [4.69, 9.17) is 4.99 Å². The van der Waals surface area contributed by atoms with E-state index < -0.39 is 8.07 Å². The molecule has 0 fully saturated rings. The number of ketones is 1. The van der Waals surface area contributed by atoms with Crippen LogP contribution in [0.25, 0.3) is 10.0 Å². The van der Waals surface area contributed by atoms with E-state index in [0.717, 1.165) is 50.1 Å². The molecular formula is C20H14Br3NO2SeSi. The molecule has 2 aromatic rings. The van der Waals surface area contributed by atoms with Crippen LogP contribution in [0.2, 0.25) is 12.6 Å². The summed E-state index contributed by atoms with van der Waals surface area (Å²) in [6, 6.07) is 4.36. The Morgan fingerprint density at radius 1 is 1.25 bits per heavy atom. The number of benzene rings is 1. The monoisotopic (exact) mass is 645 g/mol. The average molecular weight is 647 g/mol. The van der Waals surface area contributed by atoms with Crippen LogP contribution in [-0.4, -0.2) is 39.2 Å². The summed E-state index contributed by atoms with van der Waals surface area (Å²) in [6.45, 7) is 6.21. The molecule has 0 saturated carbocycles. The van der Waals surface area contributed by atoms with Crippen molar-refractivity contribution < 1.29 is 9.90 Å². The zero-order valence-corrected chi connectivity index (χ0v) is 22.2. The van der Waals surface area contributed by atoms with Crippen molar-refractivity contribution in [2.24, 2.45) is 4.99 Å². The SMILES string of the molecule is C=CC[Si]1(C)C2=CC(=O)C=CC2=Nc2ccc(O)c(-c3[se]c(Br)c(Br)c3Br)c21. The van der Waals surface area contributed by atoms with Gasteiger partial charge in [-0.2, -0.15) is 0 Å². The number of aromatic hydroxyl groups is 1. The Hall–Kier alpha value is -0.764. The van der Waals surface area contributed by atoms with Crippen LogP contribution in [-0.2, 0) is 4.79 Å². The normalized spacial score (nSPS) is 20.4. The average Bonchev–Trinajstić information content (AvgIpc) is 2.91. The predicted octanol–water partition coefficient (Wildman–Crippen LogP) is 5.57. The van der Waals surface area contributed by atoms with E-state index in [1.807, 2.05) is 18.2 Å². The topological polar surface area (TPSA) is 49.7 Å². The number of carbonyl (C=O) groups excluding carboxylic acids is 1. The van der Waals surface area contributed by atoms with E-state index in [1.165, 1.54) is 0 Å². The predicted molar refractivity (Wildman–Crippen MR) is 129 cm³/mol. The summed E-state index contributed by atoms with van der Waals surface area (Å²) in [6.07, 6.45) is 7.02. The summed E-state index contributed by atoms with van der Waals surface area (Å²) >= 11 is 11.0. The third-order valence-electron chi connectivity index (χ3n) is 5.05. The van der Waals surface area contributed by atoms with Crippen molar-refractivity contribution in [3.63, 3.8) is 0 Å². The Morgan fingerprint density at radius 3 is 2.64 bits per heavy atom. The number of phenolic OH excluding ortho intramolecular Hbond substituents is 1. The van der Waals surface area contributed by atoms with Gasteiger partial charge in [0.2, 0.25) is 0 Å². The van der Waals surface area contributed by atoms with Crippen LogP contribution in [0.1, 0.15) is 0 Å². The van der Waals surface area contributed by atoms with E-state index in [0.29, 0.717) is 0 Å². The standard InChI is InChI=1S/C20H14Br3NO2SeSi/c1-3-8-28(2)14-9-10(25)4-5-11(14)24-12-6-7-13(26)15(19(12)28)18-16(21)17(22)20(23)27-18/h3-7,9,26H,1,8H2,2H3. The summed E-state index contributed by atoms with van der Waals surface area (Å²) in [5.74, 6) is 0.231. The molecule has 0 amide bonds. The fourth-order valence-corrected chi connectivity index (χ4v) is 13.1. The quantitative estimate of drug-likeness (QED) is 0.270. The van der Waals surface area contributed by atoms with Gasteiger partial charge in [-0.25, -0.2) is 0 Å². The van der Waals surface area contributed by atoms with Gasteiger partial charge in [0.1, 0.15) is 0 Å². The summed E-state index contributed by atoms with van der Waals surface area (Å²) in [7, 11) is -2.39. The molecule has 0 spiro atoms. The minimum absolute atomic E-state index is 0.00835. The first-order valence-electron chi connectivity index (χ1n) is 8.42. The molecule has 1 atom stereocenters. The molecule has 0 radical (unpaired) electrons. The summed E-state index contributed by atoms with van der Waals surface area (Å²) in [4.78, 5) is 17.0. The van der Waals surface area contributed by atoms with Crippen LogP contribution < -0.4 is 5.19 Å². The van der Waals surface area contributed by atoms with E-state index in [-0.39, 0.29) is 26.0 Å². The fraction of sp³-hybridized carbons (Fsp3) is 0.100. The third-order valence-corrected chi connectivity index (χ3v) is 16.5.